The molecule has 0 aromatic carbocycles. The summed E-state index contributed by atoms with van der Waals surface area (Å²) in [6, 6.07) is 0. The summed E-state index contributed by atoms with van der Waals surface area (Å²) >= 11 is 0. The Morgan fingerprint density at radius 1 is 0.917 bits per heavy atom. The second-order valence-electron chi connectivity index (χ2n) is 2.43. The smallest absolute Gasteiger partial charge is 0.233 e. The van der Waals surface area contributed by atoms with E-state index in [1.165, 1.54) is 0 Å². The average Bonchev–Trinajstić information content (AvgIpc) is 1.92. The molecule has 1 rings (SSSR count). The molecule has 0 bridgehead atoms. The lowest BCUT2D eigenvalue weighted by molar-refractivity contribution is -0.270. The molecule has 1 saturated carbocycles. The summed E-state index contributed by atoms with van der Waals surface area (Å²) in [6.07, 6.45) is -4.88. The minimum absolute atomic E-state index is 2.22. The summed E-state index contributed by atoms with van der Waals surface area (Å²) < 4.78 is 83.8. The van der Waals surface area contributed by atoms with Crippen LogP contribution in [0.2, 0.25) is 0 Å². The molecule has 7 heteroatoms. The highest BCUT2D eigenvalue weighted by Crippen LogP contribution is 2.60. The van der Waals surface area contributed by atoms with Crippen LogP contribution < -0.4 is 0 Å². The van der Waals surface area contributed by atoms with Crippen molar-refractivity contribution < 1.29 is 30.7 Å². The third kappa shape index (κ3) is 0.847. The lowest BCUT2D eigenvalue weighted by atomic mass is 10.2. The highest BCUT2D eigenvalue weighted by atomic mass is 19.3. The van der Waals surface area contributed by atoms with Gasteiger partial charge in [-0.25, -0.2) is 4.39 Å². The molecule has 12 heavy (non-hydrogen) atoms. The van der Waals surface area contributed by atoms with Gasteiger partial charge >= 0.3 is 17.8 Å². The van der Waals surface area contributed by atoms with Gasteiger partial charge in [-0.3, -0.25) is 0 Å². The Balaban J connectivity index is 3.10. The first-order chi connectivity index (χ1) is 5.13. The van der Waals surface area contributed by atoms with Gasteiger partial charge < -0.3 is 0 Å². The molecule has 0 heterocycles. The number of alkyl halides is 6. The summed E-state index contributed by atoms with van der Waals surface area (Å²) in [6.45, 7) is 0. The second-order valence-corrected chi connectivity index (χ2v) is 2.43. The molecule has 0 nitrogen and oxygen atoms in total. The molecule has 0 saturated heterocycles. The number of hydrogen-bond acceptors (Lipinski definition) is 0. The summed E-state index contributed by atoms with van der Waals surface area (Å²) in [5.41, 5.74) is 0. The molecule has 1 fully saturated rings. The van der Waals surface area contributed by atoms with E-state index < -0.39 is 30.4 Å². The lowest BCUT2D eigenvalue weighted by Gasteiger charge is -2.22. The van der Waals surface area contributed by atoms with Crippen molar-refractivity contribution in [2.24, 2.45) is 0 Å². The van der Waals surface area contributed by atoms with E-state index in [1.807, 2.05) is 0 Å². The molecule has 0 aromatic rings. The van der Waals surface area contributed by atoms with Crippen LogP contribution >= 0.6 is 0 Å². The van der Waals surface area contributed by atoms with Crippen LogP contribution in [0.15, 0.2) is 0 Å². The molecule has 1 aliphatic rings. The molecule has 71 valence electrons. The first-order valence-electron chi connectivity index (χ1n) is 2.78. The van der Waals surface area contributed by atoms with E-state index in [2.05, 4.69) is 0 Å². The van der Waals surface area contributed by atoms with Gasteiger partial charge in [0.25, 0.3) is 0 Å². The largest absolute Gasteiger partial charge is 0.375 e. The van der Waals surface area contributed by atoms with Crippen LogP contribution in [0.1, 0.15) is 6.42 Å². The van der Waals surface area contributed by atoms with E-state index in [1.54, 1.807) is 0 Å². The fourth-order valence-electron chi connectivity index (χ4n) is 0.817. The van der Waals surface area contributed by atoms with Gasteiger partial charge in [0.2, 0.25) is 6.17 Å². The van der Waals surface area contributed by atoms with Crippen molar-refractivity contribution in [3.63, 3.8) is 0 Å². The van der Waals surface area contributed by atoms with Crippen molar-refractivity contribution in [1.29, 1.82) is 0 Å². The van der Waals surface area contributed by atoms with E-state index in [0.29, 0.717) is 0 Å². The van der Waals surface area contributed by atoms with Crippen molar-refractivity contribution in [2.75, 3.05) is 0 Å². The van der Waals surface area contributed by atoms with Gasteiger partial charge in [0, 0.05) is 0 Å². The Morgan fingerprint density at radius 2 is 1.33 bits per heavy atom. The van der Waals surface area contributed by atoms with Crippen molar-refractivity contribution in [3.8, 4) is 0 Å². The first kappa shape index (κ1) is 9.60. The van der Waals surface area contributed by atoms with Crippen LogP contribution in [0, 0.1) is 6.17 Å². The van der Waals surface area contributed by atoms with E-state index in [-0.39, 0.29) is 0 Å². The van der Waals surface area contributed by atoms with E-state index in [9.17, 15) is 30.7 Å². The lowest BCUT2D eigenvalue weighted by Crippen LogP contribution is -2.47. The van der Waals surface area contributed by atoms with Gasteiger partial charge in [-0.15, -0.1) is 0 Å². The molecule has 1 aliphatic carbocycles. The molecular formula is C5H2F7. The Labute approximate surface area is 62.4 Å². The van der Waals surface area contributed by atoms with Crippen molar-refractivity contribution in [2.45, 2.75) is 24.2 Å². The SMILES string of the molecule is F[C]1CC(F)(F)C(F)(F)C1(F)F. The molecule has 0 aromatic heterocycles. The summed E-state index contributed by atoms with van der Waals surface area (Å²) in [4.78, 5) is 0. The predicted molar refractivity (Wildman–Crippen MR) is 23.8 cm³/mol. The van der Waals surface area contributed by atoms with Gasteiger partial charge in [-0.05, 0) is 0 Å². The molecular weight excluding hydrogens is 193 g/mol. The molecule has 0 aliphatic heterocycles. The molecule has 0 spiro atoms. The maximum atomic E-state index is 12.0. The van der Waals surface area contributed by atoms with Gasteiger partial charge in [0.1, 0.15) is 0 Å². The Morgan fingerprint density at radius 3 is 1.42 bits per heavy atom. The van der Waals surface area contributed by atoms with Crippen LogP contribution in [0.5, 0.6) is 0 Å². The van der Waals surface area contributed by atoms with Crippen LogP contribution in [0.3, 0.4) is 0 Å². The third-order valence-electron chi connectivity index (χ3n) is 1.57. The van der Waals surface area contributed by atoms with Gasteiger partial charge in [-0.1, -0.05) is 0 Å². The quantitative estimate of drug-likeness (QED) is 0.521. The van der Waals surface area contributed by atoms with E-state index in [4.69, 9.17) is 0 Å². The molecule has 1 radical (unpaired) electrons. The average molecular weight is 195 g/mol. The van der Waals surface area contributed by atoms with Crippen molar-refractivity contribution in [3.05, 3.63) is 6.17 Å². The zero-order valence-electron chi connectivity index (χ0n) is 5.35. The van der Waals surface area contributed by atoms with Gasteiger partial charge in [0.15, 0.2) is 0 Å². The van der Waals surface area contributed by atoms with Crippen molar-refractivity contribution >= 4 is 0 Å². The maximum Gasteiger partial charge on any atom is 0.375 e. The topological polar surface area (TPSA) is 0 Å². The standard InChI is InChI=1S/C5H2F7/c6-2-1-3(7,8)5(11,12)4(2,9)10/h1H2. The van der Waals surface area contributed by atoms with E-state index in [0.717, 1.165) is 0 Å². The molecule has 0 amide bonds. The first-order valence-corrected chi connectivity index (χ1v) is 2.78. The zero-order chi connectivity index (χ0) is 9.78. The van der Waals surface area contributed by atoms with E-state index >= 15 is 0 Å². The van der Waals surface area contributed by atoms with Crippen LogP contribution in [-0.2, 0) is 0 Å². The van der Waals surface area contributed by atoms with Gasteiger partial charge in [-0.2, -0.15) is 26.3 Å². The molecule has 0 atom stereocenters. The minimum Gasteiger partial charge on any atom is -0.233 e. The van der Waals surface area contributed by atoms with Crippen LogP contribution in [0.4, 0.5) is 30.7 Å². The fourth-order valence-corrected chi connectivity index (χ4v) is 0.817. The predicted octanol–water partition coefficient (Wildman–Crippen LogP) is 2.80. The highest BCUT2D eigenvalue weighted by molar-refractivity contribution is 5.18. The summed E-state index contributed by atoms with van der Waals surface area (Å²) in [5, 5.41) is 0. The Bertz CT molecular complexity index is 196. The van der Waals surface area contributed by atoms with Crippen LogP contribution in [0.25, 0.3) is 0 Å². The monoisotopic (exact) mass is 195 g/mol. The Hall–Kier alpha value is -0.490. The van der Waals surface area contributed by atoms with Crippen molar-refractivity contribution in [1.82, 2.24) is 0 Å². The second kappa shape index (κ2) is 2.05. The number of hydrogen-bond donors (Lipinski definition) is 0. The minimum atomic E-state index is -5.62. The molecule has 0 unspecified atom stereocenters. The third-order valence-corrected chi connectivity index (χ3v) is 1.57. The molecule has 0 N–H and O–H groups in total. The summed E-state index contributed by atoms with van der Waals surface area (Å²) in [5.74, 6) is -16.0. The maximum absolute atomic E-state index is 12.0. The number of rotatable bonds is 0. The normalized spacial score (nSPS) is 32.2. The fraction of sp³-hybridized carbons (Fsp3) is 0.800. The zero-order valence-corrected chi connectivity index (χ0v) is 5.35. The Kier molecular flexibility index (Phi) is 1.64. The van der Waals surface area contributed by atoms with Crippen LogP contribution in [-0.4, -0.2) is 17.8 Å². The van der Waals surface area contributed by atoms with Gasteiger partial charge in [0.05, 0.1) is 6.42 Å². The highest BCUT2D eigenvalue weighted by Gasteiger charge is 2.81. The number of halogens is 7. The summed E-state index contributed by atoms with van der Waals surface area (Å²) in [7, 11) is 0.